The van der Waals surface area contributed by atoms with Crippen molar-refractivity contribution in [3.8, 4) is 80.1 Å². The van der Waals surface area contributed by atoms with Gasteiger partial charge in [0.1, 0.15) is 92.5 Å². The quantitative estimate of drug-likeness (QED) is 0.0283. The van der Waals surface area contributed by atoms with Crippen molar-refractivity contribution in [3.05, 3.63) is 258 Å². The lowest BCUT2D eigenvalue weighted by molar-refractivity contribution is 0.376. The summed E-state index contributed by atoms with van der Waals surface area (Å²) in [4.78, 5) is 0. The van der Waals surface area contributed by atoms with Gasteiger partial charge in [-0.15, -0.1) is 0 Å². The maximum atomic E-state index is 7.33. The summed E-state index contributed by atoms with van der Waals surface area (Å²) in [6, 6.07) is 70.8. The molecular formula is C74H71B3O12P4. The Kier molecular flexibility index (Phi) is 25.1. The third-order valence-corrected chi connectivity index (χ3v) is 18.5. The minimum Gasteiger partial charge on any atom is -0.409 e. The highest BCUT2D eigenvalue weighted by atomic mass is 31.2. The van der Waals surface area contributed by atoms with Crippen molar-refractivity contribution in [1.82, 2.24) is 0 Å². The van der Waals surface area contributed by atoms with Crippen LogP contribution in [-0.4, -0.2) is 23.5 Å². The summed E-state index contributed by atoms with van der Waals surface area (Å²) < 4.78 is 83.3. The van der Waals surface area contributed by atoms with E-state index in [1.807, 2.05) is 202 Å². The van der Waals surface area contributed by atoms with Crippen molar-refractivity contribution in [2.45, 2.75) is 92.4 Å². The molecule has 0 aliphatic rings. The molecule has 1 atom stereocenters. The van der Waals surface area contributed by atoms with Gasteiger partial charge in [0.25, 0.3) is 0 Å². The summed E-state index contributed by atoms with van der Waals surface area (Å²) >= 11 is 0. The second-order valence-corrected chi connectivity index (χ2v) is 25.7. The van der Waals surface area contributed by atoms with Gasteiger partial charge in [-0.2, -0.15) is 0 Å². The van der Waals surface area contributed by atoms with Gasteiger partial charge in [0.15, 0.2) is 0 Å². The minimum atomic E-state index is -2.54. The van der Waals surface area contributed by atoms with Crippen LogP contribution in [0.5, 0.6) is 69.0 Å². The summed E-state index contributed by atoms with van der Waals surface area (Å²) in [5.41, 5.74) is 6.81. The standard InChI is InChI=1S/C74H71B3O12P4/c1-6-9-26-55-42-46-67(63(76)50-55)84-93(85-68-47-43-56(27-10-7-2)51-64(68)77)89-72-40-25-38-70(87-91(80-61-33-20-14-21-34-61)81-62-35-22-15-23-36-62)74(72)73-69(86-90(78-59-29-16-12-17-30-59)79-60-31-18-13-19-32-60)37-24-39-71(73)88-92(82-65-45-41-53(4)49-54(65)5)83-66-48-44-58(75)52-57(66)28-11-8-3/h12-25,29-52H,6-11,26-28H2,1-5H3. The van der Waals surface area contributed by atoms with Crippen LogP contribution >= 0.6 is 34.4 Å². The lowest BCUT2D eigenvalue weighted by Crippen LogP contribution is -2.15. The highest BCUT2D eigenvalue weighted by Crippen LogP contribution is 2.58. The van der Waals surface area contributed by atoms with Crippen LogP contribution in [0.1, 0.15) is 87.1 Å². The van der Waals surface area contributed by atoms with E-state index < -0.39 is 34.4 Å². The largest absolute Gasteiger partial charge is 0.530 e. The monoisotopic (exact) mass is 1310 g/mol. The molecular weight excluding hydrogens is 1240 g/mol. The maximum absolute atomic E-state index is 7.33. The van der Waals surface area contributed by atoms with E-state index in [-0.39, 0.29) is 34.1 Å². The van der Waals surface area contributed by atoms with Crippen LogP contribution in [0, 0.1) is 13.8 Å². The molecule has 0 heterocycles. The van der Waals surface area contributed by atoms with Crippen molar-refractivity contribution < 1.29 is 54.3 Å². The molecule has 0 amide bonds. The summed E-state index contributed by atoms with van der Waals surface area (Å²) in [5.74, 6) is 4.36. The van der Waals surface area contributed by atoms with Gasteiger partial charge in [0.05, 0.1) is 11.1 Å². The highest BCUT2D eigenvalue weighted by molar-refractivity contribution is 7.44. The second-order valence-electron chi connectivity index (χ2n) is 21.7. The zero-order valence-electron chi connectivity index (χ0n) is 52.7. The first-order valence-electron chi connectivity index (χ1n) is 31.0. The molecule has 0 N–H and O–H groups in total. The Morgan fingerprint density at radius 3 is 1.00 bits per heavy atom. The molecule has 19 heteroatoms. The Morgan fingerprint density at radius 2 is 0.624 bits per heavy atom. The molecule has 0 spiro atoms. The van der Waals surface area contributed by atoms with Gasteiger partial charge < -0.3 is 54.3 Å². The van der Waals surface area contributed by atoms with Gasteiger partial charge in [0, 0.05) is 0 Å². The third-order valence-electron chi connectivity index (χ3n) is 14.3. The smallest absolute Gasteiger partial charge is 0.409 e. The molecule has 12 nitrogen and oxygen atoms in total. The number of hydrogen-bond acceptors (Lipinski definition) is 12. The molecule has 0 aliphatic carbocycles. The van der Waals surface area contributed by atoms with Gasteiger partial charge in [-0.3, -0.25) is 0 Å². The number of unbranched alkanes of at least 4 members (excludes halogenated alkanes) is 3. The fraction of sp³-hybridized carbons (Fsp3) is 0.189. The Labute approximate surface area is 556 Å². The summed E-state index contributed by atoms with van der Waals surface area (Å²) in [6.45, 7) is 10.4. The van der Waals surface area contributed by atoms with Crippen molar-refractivity contribution in [2.75, 3.05) is 0 Å². The number of para-hydroxylation sites is 4. The van der Waals surface area contributed by atoms with E-state index in [4.69, 9.17) is 77.8 Å². The van der Waals surface area contributed by atoms with Crippen LogP contribution in [0.3, 0.4) is 0 Å². The van der Waals surface area contributed by atoms with Crippen LogP contribution < -0.4 is 70.7 Å². The van der Waals surface area contributed by atoms with Crippen molar-refractivity contribution in [1.29, 1.82) is 0 Å². The molecule has 10 aromatic carbocycles. The molecule has 0 saturated heterocycles. The van der Waals surface area contributed by atoms with Crippen molar-refractivity contribution in [2.24, 2.45) is 0 Å². The molecule has 0 aliphatic heterocycles. The molecule has 0 saturated carbocycles. The normalized spacial score (nSPS) is 11.4. The summed E-state index contributed by atoms with van der Waals surface area (Å²) in [6.07, 6.45) is 8.21. The lowest BCUT2D eigenvalue weighted by Gasteiger charge is -2.26. The number of rotatable bonds is 34. The van der Waals surface area contributed by atoms with Gasteiger partial charge in [-0.1, -0.05) is 195 Å². The molecule has 6 radical (unpaired) electrons. The van der Waals surface area contributed by atoms with Crippen LogP contribution in [0.4, 0.5) is 0 Å². The maximum Gasteiger partial charge on any atom is 0.530 e. The minimum absolute atomic E-state index is 0.156. The summed E-state index contributed by atoms with van der Waals surface area (Å²) in [7, 11) is 10.5. The molecule has 1 unspecified atom stereocenters. The zero-order valence-corrected chi connectivity index (χ0v) is 56.3. The van der Waals surface area contributed by atoms with Gasteiger partial charge >= 0.3 is 34.4 Å². The first-order chi connectivity index (χ1) is 45.5. The average molecular weight is 1310 g/mol. The van der Waals surface area contributed by atoms with Crippen molar-refractivity contribution >= 4 is 74.3 Å². The molecule has 0 bridgehead atoms. The van der Waals surface area contributed by atoms with Gasteiger partial charge in [-0.05, 0) is 172 Å². The fourth-order valence-electron chi connectivity index (χ4n) is 9.54. The molecule has 10 aromatic rings. The number of hydrogen-bond donors (Lipinski definition) is 0. The summed E-state index contributed by atoms with van der Waals surface area (Å²) in [5, 5.41) is 0. The SMILES string of the molecule is [B]c1ccc(OP(Oc2ccc(C)cc2C)Oc2cccc(OP(Oc3ccccc3)Oc3ccccc3)c2-c2c(OP(Oc3ccccc3)Oc3ccccc3)cccc2OP(Oc2ccc(CCCC)cc2[B])Oc2ccc(CCCC)cc2[B])c(CCCC)c1. The Hall–Kier alpha value is -8.29. The van der Waals surface area contributed by atoms with E-state index in [9.17, 15) is 0 Å². The predicted molar refractivity (Wildman–Crippen MR) is 380 cm³/mol. The second kappa shape index (κ2) is 34.6. The first kappa shape index (κ1) is 67.6. The van der Waals surface area contributed by atoms with Gasteiger partial charge in [-0.25, -0.2) is 0 Å². The number of aryl methyl sites for hydroxylation is 5. The van der Waals surface area contributed by atoms with E-state index in [0.717, 1.165) is 79.2 Å². The predicted octanol–water partition coefficient (Wildman–Crippen LogP) is 19.4. The topological polar surface area (TPSA) is 111 Å². The molecule has 0 fully saturated rings. The van der Waals surface area contributed by atoms with E-state index in [0.29, 0.717) is 68.8 Å². The average Bonchev–Trinajstić information content (AvgIpc) is 0.803. The molecule has 468 valence electrons. The first-order valence-corrected chi connectivity index (χ1v) is 35.4. The van der Waals surface area contributed by atoms with E-state index in [1.165, 1.54) is 0 Å². The van der Waals surface area contributed by atoms with Crippen LogP contribution in [-0.2, 0) is 19.3 Å². The lowest BCUT2D eigenvalue weighted by atomic mass is 9.92. The molecule has 93 heavy (non-hydrogen) atoms. The van der Waals surface area contributed by atoms with Gasteiger partial charge in [0.2, 0.25) is 0 Å². The highest BCUT2D eigenvalue weighted by Gasteiger charge is 2.35. The van der Waals surface area contributed by atoms with Crippen LogP contribution in [0.25, 0.3) is 11.1 Å². The number of benzene rings is 10. The van der Waals surface area contributed by atoms with Crippen LogP contribution in [0.2, 0.25) is 0 Å². The van der Waals surface area contributed by atoms with E-state index >= 15 is 0 Å². The van der Waals surface area contributed by atoms with Crippen molar-refractivity contribution in [3.63, 3.8) is 0 Å². The molecule has 0 aromatic heterocycles. The zero-order chi connectivity index (χ0) is 64.7. The van der Waals surface area contributed by atoms with Crippen LogP contribution in [0.15, 0.2) is 231 Å². The molecule has 10 rings (SSSR count). The Bertz CT molecular complexity index is 3830. The Balaban J connectivity index is 1.20. The third kappa shape index (κ3) is 19.9. The van der Waals surface area contributed by atoms with E-state index in [1.54, 1.807) is 42.5 Å². The fourth-order valence-corrected chi connectivity index (χ4v) is 13.8. The van der Waals surface area contributed by atoms with E-state index in [2.05, 4.69) is 20.8 Å². The Morgan fingerprint density at radius 1 is 0.290 bits per heavy atom.